The van der Waals surface area contributed by atoms with Gasteiger partial charge in [0.15, 0.2) is 0 Å². The maximum Gasteiger partial charge on any atom is 0.306 e. The Morgan fingerprint density at radius 1 is 0.554 bits per heavy atom. The number of amides is 1. The minimum absolute atomic E-state index is 0.0580. The van der Waals surface area contributed by atoms with Crippen molar-refractivity contribution in [3.8, 4) is 0 Å². The van der Waals surface area contributed by atoms with Crippen LogP contribution in [0.5, 0.6) is 0 Å². The van der Waals surface area contributed by atoms with Crippen LogP contribution in [0.1, 0.15) is 220 Å². The third-order valence-corrected chi connectivity index (χ3v) is 10.4. The van der Waals surface area contributed by atoms with Gasteiger partial charge in [0.05, 0.1) is 25.2 Å². The largest absolute Gasteiger partial charge is 0.462 e. The van der Waals surface area contributed by atoms with E-state index >= 15 is 0 Å². The fourth-order valence-corrected chi connectivity index (χ4v) is 6.81. The molecule has 0 saturated heterocycles. The van der Waals surface area contributed by atoms with Crippen LogP contribution in [0.3, 0.4) is 0 Å². The molecule has 0 aliphatic rings. The van der Waals surface area contributed by atoms with Gasteiger partial charge in [-0.05, 0) is 77.0 Å². The van der Waals surface area contributed by atoms with Gasteiger partial charge in [-0.1, -0.05) is 191 Å². The third kappa shape index (κ3) is 38.4. The molecule has 0 radical (unpaired) electrons. The number of esters is 1. The van der Waals surface area contributed by atoms with E-state index in [1.54, 1.807) is 0 Å². The fraction of sp³-hybridized carbons (Fsp3) is 0.760. The molecule has 1 amide bonds. The normalized spacial score (nSPS) is 13.9. The first-order chi connectivity index (χ1) is 27.5. The zero-order chi connectivity index (χ0) is 41.0. The van der Waals surface area contributed by atoms with Crippen LogP contribution in [0, 0.1) is 0 Å². The summed E-state index contributed by atoms with van der Waals surface area (Å²) >= 11 is 0. The summed E-state index contributed by atoms with van der Waals surface area (Å²) in [6.45, 7) is 6.29. The van der Waals surface area contributed by atoms with Gasteiger partial charge in [0, 0.05) is 6.42 Å². The average Bonchev–Trinajstić information content (AvgIpc) is 3.19. The first kappa shape index (κ1) is 53.6. The van der Waals surface area contributed by atoms with Gasteiger partial charge in [0.1, 0.15) is 6.10 Å². The Labute approximate surface area is 346 Å². The molecule has 0 rings (SSSR count). The molecular formula is C50H89NO5. The first-order valence-corrected chi connectivity index (χ1v) is 23.5. The summed E-state index contributed by atoms with van der Waals surface area (Å²) in [4.78, 5) is 26.0. The number of aliphatic hydroxyl groups is 2. The highest BCUT2D eigenvalue weighted by molar-refractivity contribution is 5.77. The van der Waals surface area contributed by atoms with Crippen molar-refractivity contribution in [2.75, 3.05) is 6.61 Å². The van der Waals surface area contributed by atoms with Gasteiger partial charge in [-0.15, -0.1) is 0 Å². The van der Waals surface area contributed by atoms with Crippen molar-refractivity contribution in [2.24, 2.45) is 0 Å². The maximum absolute atomic E-state index is 13.1. The van der Waals surface area contributed by atoms with Gasteiger partial charge in [-0.3, -0.25) is 9.59 Å². The first-order valence-electron chi connectivity index (χ1n) is 23.5. The van der Waals surface area contributed by atoms with Crippen LogP contribution in [-0.2, 0) is 14.3 Å². The van der Waals surface area contributed by atoms with Crippen molar-refractivity contribution in [1.29, 1.82) is 0 Å². The highest BCUT2D eigenvalue weighted by Crippen LogP contribution is 2.17. The van der Waals surface area contributed by atoms with Gasteiger partial charge in [-0.2, -0.15) is 0 Å². The number of carbonyl (C=O) groups excluding carboxylic acids is 2. The maximum atomic E-state index is 13.1. The van der Waals surface area contributed by atoms with E-state index in [1.807, 2.05) is 0 Å². The van der Waals surface area contributed by atoms with Crippen molar-refractivity contribution in [3.63, 3.8) is 0 Å². The van der Waals surface area contributed by atoms with E-state index in [4.69, 9.17) is 4.74 Å². The number of rotatable bonds is 41. The van der Waals surface area contributed by atoms with Crippen molar-refractivity contribution in [1.82, 2.24) is 5.32 Å². The zero-order valence-electron chi connectivity index (χ0n) is 36.8. The van der Waals surface area contributed by atoms with Crippen LogP contribution in [0.15, 0.2) is 60.8 Å². The summed E-state index contributed by atoms with van der Waals surface area (Å²) in [5, 5.41) is 23.6. The van der Waals surface area contributed by atoms with E-state index in [1.165, 1.54) is 77.0 Å². The molecular weight excluding hydrogens is 695 g/mol. The number of carbonyl (C=O) groups is 2. The molecule has 6 heteroatoms. The van der Waals surface area contributed by atoms with Crippen LogP contribution in [-0.4, -0.2) is 46.9 Å². The number of ether oxygens (including phenoxy) is 1. The molecule has 3 N–H and O–H groups in total. The summed E-state index contributed by atoms with van der Waals surface area (Å²) in [6, 6.07) is -0.710. The Morgan fingerprint density at radius 3 is 1.62 bits per heavy atom. The van der Waals surface area contributed by atoms with Gasteiger partial charge in [-0.25, -0.2) is 0 Å². The molecule has 0 aromatic heterocycles. The second-order valence-corrected chi connectivity index (χ2v) is 15.8. The quantitative estimate of drug-likeness (QED) is 0.0248. The smallest absolute Gasteiger partial charge is 0.306 e. The number of hydrogen-bond donors (Lipinski definition) is 3. The number of nitrogens with one attached hydrogen (secondary N) is 1. The Morgan fingerprint density at radius 2 is 1.04 bits per heavy atom. The zero-order valence-corrected chi connectivity index (χ0v) is 36.8. The molecule has 0 aromatic rings. The average molecular weight is 784 g/mol. The minimum Gasteiger partial charge on any atom is -0.462 e. The number of hydrogen-bond acceptors (Lipinski definition) is 5. The van der Waals surface area contributed by atoms with Gasteiger partial charge in [0.25, 0.3) is 0 Å². The second kappa shape index (κ2) is 43.7. The van der Waals surface area contributed by atoms with E-state index in [-0.39, 0.29) is 24.9 Å². The van der Waals surface area contributed by atoms with E-state index in [0.717, 1.165) is 96.3 Å². The van der Waals surface area contributed by atoms with Crippen LogP contribution in [0.4, 0.5) is 0 Å². The molecule has 0 saturated carbocycles. The van der Waals surface area contributed by atoms with Crippen molar-refractivity contribution in [2.45, 2.75) is 238 Å². The highest BCUT2D eigenvalue weighted by atomic mass is 16.5. The molecule has 0 heterocycles. The molecule has 0 spiro atoms. The predicted octanol–water partition coefficient (Wildman–Crippen LogP) is 13.7. The molecule has 324 valence electrons. The summed E-state index contributed by atoms with van der Waals surface area (Å²) in [7, 11) is 0. The number of unbranched alkanes of at least 4 members (excludes halogenated alkanes) is 21. The second-order valence-electron chi connectivity index (χ2n) is 15.8. The van der Waals surface area contributed by atoms with Gasteiger partial charge in [0.2, 0.25) is 5.91 Å². The molecule has 3 atom stereocenters. The fourth-order valence-electron chi connectivity index (χ4n) is 6.81. The molecule has 0 bridgehead atoms. The predicted molar refractivity (Wildman–Crippen MR) is 241 cm³/mol. The van der Waals surface area contributed by atoms with E-state index in [9.17, 15) is 19.8 Å². The molecule has 56 heavy (non-hydrogen) atoms. The number of allylic oxidation sites excluding steroid dienone is 10. The summed E-state index contributed by atoms with van der Waals surface area (Å²) < 4.78 is 5.90. The van der Waals surface area contributed by atoms with Crippen molar-refractivity contribution in [3.05, 3.63) is 60.8 Å². The topological polar surface area (TPSA) is 95.9 Å². The molecule has 0 fully saturated rings. The lowest BCUT2D eigenvalue weighted by Gasteiger charge is -2.24. The van der Waals surface area contributed by atoms with Gasteiger partial charge < -0.3 is 20.3 Å². The lowest BCUT2D eigenvalue weighted by molar-refractivity contribution is -0.151. The Balaban J connectivity index is 4.67. The monoisotopic (exact) mass is 784 g/mol. The van der Waals surface area contributed by atoms with Gasteiger partial charge >= 0.3 is 5.97 Å². The summed E-state index contributed by atoms with van der Waals surface area (Å²) in [6.07, 6.45) is 52.8. The van der Waals surface area contributed by atoms with Crippen LogP contribution in [0.2, 0.25) is 0 Å². The van der Waals surface area contributed by atoms with Crippen LogP contribution >= 0.6 is 0 Å². The molecule has 3 unspecified atom stereocenters. The summed E-state index contributed by atoms with van der Waals surface area (Å²) in [5.74, 6) is -0.515. The molecule has 6 nitrogen and oxygen atoms in total. The van der Waals surface area contributed by atoms with E-state index < -0.39 is 18.2 Å². The van der Waals surface area contributed by atoms with Crippen molar-refractivity contribution >= 4 is 11.9 Å². The Bertz CT molecular complexity index is 1010. The molecule has 0 aliphatic heterocycles. The van der Waals surface area contributed by atoms with E-state index in [0.29, 0.717) is 19.3 Å². The Hall–Kier alpha value is -2.44. The standard InChI is InChI=1S/C50H89NO5/c1-4-7-10-13-16-19-21-23-24-26-27-30-32-35-38-41-46(56-50(55)43-40-37-34-31-28-25-22-20-17-14-11-8-5-2)44-49(54)51-47(45-52)48(53)42-39-36-33-29-18-15-12-9-6-3/h8,11,14,16-17,19-20,22-24,46-48,52-53H,4-7,9-10,12-13,15,18,21,25-45H2,1-3H3,(H,51,54)/b11-8+,17-14+,19-16-,22-20-,24-23-. The molecule has 0 aliphatic carbocycles. The Kier molecular flexibility index (Phi) is 41.8. The van der Waals surface area contributed by atoms with Crippen LogP contribution < -0.4 is 5.32 Å². The van der Waals surface area contributed by atoms with E-state index in [2.05, 4.69) is 86.8 Å². The minimum atomic E-state index is -0.794. The SMILES string of the molecule is CC/C=C/C=C/C=C\CCCCCCCC(=O)OC(CCCCCCC/C=C\C/C=C\CCCCC)CC(=O)NC(CO)C(O)CCCCCCCCCCC. The lowest BCUT2D eigenvalue weighted by Crippen LogP contribution is -2.46. The van der Waals surface area contributed by atoms with Crippen LogP contribution in [0.25, 0.3) is 0 Å². The lowest BCUT2D eigenvalue weighted by atomic mass is 10.0. The summed E-state index contributed by atoms with van der Waals surface area (Å²) in [5.41, 5.74) is 0. The number of aliphatic hydroxyl groups excluding tert-OH is 2. The van der Waals surface area contributed by atoms with Crippen molar-refractivity contribution < 1.29 is 24.5 Å². The highest BCUT2D eigenvalue weighted by Gasteiger charge is 2.24. The molecule has 0 aromatic carbocycles. The third-order valence-electron chi connectivity index (χ3n) is 10.4.